The predicted molar refractivity (Wildman–Crippen MR) is 118 cm³/mol. The summed E-state index contributed by atoms with van der Waals surface area (Å²) in [5.41, 5.74) is 1.62. The minimum absolute atomic E-state index is 0.209. The summed E-state index contributed by atoms with van der Waals surface area (Å²) in [7, 11) is 1.38. The lowest BCUT2D eigenvalue weighted by atomic mass is 10.0. The van der Waals surface area contributed by atoms with E-state index in [-0.39, 0.29) is 23.9 Å². The molecular formula is C23H22FN3O3S. The van der Waals surface area contributed by atoms with E-state index in [9.17, 15) is 9.18 Å². The van der Waals surface area contributed by atoms with Crippen molar-refractivity contribution in [2.45, 2.75) is 24.9 Å². The fraction of sp³-hybridized carbons (Fsp3) is 0.261. The monoisotopic (exact) mass is 439 g/mol. The summed E-state index contributed by atoms with van der Waals surface area (Å²) in [5, 5.41) is 3.92. The van der Waals surface area contributed by atoms with E-state index < -0.39 is 0 Å². The number of carbonyl (C=O) groups is 1. The molecule has 0 saturated carbocycles. The Hall–Kier alpha value is -3.26. The van der Waals surface area contributed by atoms with Gasteiger partial charge in [-0.25, -0.2) is 4.39 Å². The molecule has 1 aromatic carbocycles. The number of hydrogen-bond acceptors (Lipinski definition) is 5. The maximum Gasteiger partial charge on any atom is 0.305 e. The smallest absolute Gasteiger partial charge is 0.305 e. The highest BCUT2D eigenvalue weighted by Gasteiger charge is 2.41. The molecule has 1 N–H and O–H groups in total. The van der Waals surface area contributed by atoms with Crippen LogP contribution in [0.4, 0.5) is 4.39 Å². The van der Waals surface area contributed by atoms with E-state index in [1.807, 2.05) is 35.2 Å². The van der Waals surface area contributed by atoms with Crippen LogP contribution in [0.5, 0.6) is 0 Å². The highest BCUT2D eigenvalue weighted by atomic mass is 32.1. The quantitative estimate of drug-likeness (QED) is 0.432. The fourth-order valence-electron chi connectivity index (χ4n) is 3.73. The van der Waals surface area contributed by atoms with Crippen molar-refractivity contribution in [1.29, 1.82) is 0 Å². The van der Waals surface area contributed by atoms with Crippen LogP contribution >= 0.6 is 12.2 Å². The lowest BCUT2D eigenvalue weighted by Gasteiger charge is -2.25. The molecule has 8 heteroatoms. The van der Waals surface area contributed by atoms with Crippen molar-refractivity contribution in [3.05, 3.63) is 78.1 Å². The van der Waals surface area contributed by atoms with Crippen LogP contribution in [-0.2, 0) is 9.53 Å². The third kappa shape index (κ3) is 4.59. The Bertz CT molecular complexity index is 1060. The molecule has 3 aromatic rings. The molecule has 1 saturated heterocycles. The Balaban J connectivity index is 1.64. The standard InChI is InChI=1S/C23H22FN3O3S/c1-29-20(28)6-4-14-27-22(21(26-23(27)31)17-5-2-3-13-25-17)19-12-11-18(30-19)15-7-9-16(24)10-8-15/h2-3,5,7-13,21-22H,4,6,14H2,1H3,(H,26,31)/t21-,22+/m0/s1. The summed E-state index contributed by atoms with van der Waals surface area (Å²) in [6.45, 7) is 0.557. The van der Waals surface area contributed by atoms with Crippen molar-refractivity contribution in [1.82, 2.24) is 15.2 Å². The van der Waals surface area contributed by atoms with Gasteiger partial charge < -0.3 is 19.4 Å². The van der Waals surface area contributed by atoms with Gasteiger partial charge >= 0.3 is 5.97 Å². The van der Waals surface area contributed by atoms with Gasteiger partial charge in [-0.1, -0.05) is 6.07 Å². The summed E-state index contributed by atoms with van der Waals surface area (Å²) in [4.78, 5) is 18.1. The van der Waals surface area contributed by atoms with Gasteiger partial charge in [0.05, 0.1) is 18.8 Å². The number of esters is 1. The number of ether oxygens (including phenoxy) is 1. The van der Waals surface area contributed by atoms with Crippen LogP contribution in [0.2, 0.25) is 0 Å². The average molecular weight is 440 g/mol. The molecule has 0 amide bonds. The molecular weight excluding hydrogens is 417 g/mol. The van der Waals surface area contributed by atoms with E-state index in [4.69, 9.17) is 21.4 Å². The van der Waals surface area contributed by atoms with Gasteiger partial charge in [0.15, 0.2) is 5.11 Å². The molecule has 0 aliphatic carbocycles. The van der Waals surface area contributed by atoms with Crippen molar-refractivity contribution in [2.24, 2.45) is 0 Å². The fourth-order valence-corrected chi connectivity index (χ4v) is 4.06. The number of aromatic nitrogens is 1. The molecule has 0 spiro atoms. The number of benzene rings is 1. The zero-order chi connectivity index (χ0) is 21.8. The number of rotatable bonds is 7. The number of methoxy groups -OCH3 is 1. The average Bonchev–Trinajstić information content (AvgIpc) is 3.39. The molecule has 160 valence electrons. The lowest BCUT2D eigenvalue weighted by Crippen LogP contribution is -2.30. The third-order valence-electron chi connectivity index (χ3n) is 5.25. The zero-order valence-electron chi connectivity index (χ0n) is 17.0. The van der Waals surface area contributed by atoms with E-state index in [0.717, 1.165) is 11.3 Å². The van der Waals surface area contributed by atoms with Crippen LogP contribution in [0, 0.1) is 5.82 Å². The van der Waals surface area contributed by atoms with Gasteiger partial charge in [-0.15, -0.1) is 0 Å². The van der Waals surface area contributed by atoms with Gasteiger partial charge in [-0.2, -0.15) is 0 Å². The van der Waals surface area contributed by atoms with Gasteiger partial charge in [0.1, 0.15) is 23.4 Å². The second-order valence-electron chi connectivity index (χ2n) is 7.21. The van der Waals surface area contributed by atoms with Crippen molar-refractivity contribution in [3.63, 3.8) is 0 Å². The van der Waals surface area contributed by atoms with E-state index >= 15 is 0 Å². The molecule has 1 aliphatic rings. The minimum atomic E-state index is -0.298. The van der Waals surface area contributed by atoms with Crippen LogP contribution in [0.15, 0.2) is 65.2 Å². The van der Waals surface area contributed by atoms with E-state index in [1.165, 1.54) is 19.2 Å². The SMILES string of the molecule is COC(=O)CCCN1C(=S)N[C@@H](c2ccccn2)[C@H]1c1ccc(-c2ccc(F)cc2)o1. The number of hydrogen-bond donors (Lipinski definition) is 1. The second-order valence-corrected chi connectivity index (χ2v) is 7.60. The normalized spacial score (nSPS) is 18.1. The Morgan fingerprint density at radius 2 is 2.03 bits per heavy atom. The van der Waals surface area contributed by atoms with Crippen molar-refractivity contribution < 1.29 is 18.3 Å². The Morgan fingerprint density at radius 3 is 2.74 bits per heavy atom. The molecule has 0 radical (unpaired) electrons. The Labute approximate surface area is 185 Å². The van der Waals surface area contributed by atoms with Gasteiger partial charge in [-0.05, 0) is 67.2 Å². The predicted octanol–water partition coefficient (Wildman–Crippen LogP) is 4.41. The largest absolute Gasteiger partial charge is 0.469 e. The first-order valence-corrected chi connectivity index (χ1v) is 10.4. The summed E-state index contributed by atoms with van der Waals surface area (Å²) in [5.74, 6) is 0.794. The summed E-state index contributed by atoms with van der Waals surface area (Å²) in [6, 6.07) is 15.2. The van der Waals surface area contributed by atoms with Gasteiger partial charge in [0.25, 0.3) is 0 Å². The van der Waals surface area contributed by atoms with E-state index in [1.54, 1.807) is 18.3 Å². The maximum absolute atomic E-state index is 13.3. The number of nitrogens with zero attached hydrogens (tertiary/aromatic N) is 2. The molecule has 3 heterocycles. The molecule has 2 aromatic heterocycles. The van der Waals surface area contributed by atoms with Gasteiger partial charge in [0, 0.05) is 24.7 Å². The van der Waals surface area contributed by atoms with Crippen molar-refractivity contribution >= 4 is 23.3 Å². The topological polar surface area (TPSA) is 67.6 Å². The highest BCUT2D eigenvalue weighted by Crippen LogP contribution is 2.40. The first-order valence-electron chi connectivity index (χ1n) is 9.97. The number of furan rings is 1. The highest BCUT2D eigenvalue weighted by molar-refractivity contribution is 7.80. The zero-order valence-corrected chi connectivity index (χ0v) is 17.8. The van der Waals surface area contributed by atoms with Crippen molar-refractivity contribution in [2.75, 3.05) is 13.7 Å². The van der Waals surface area contributed by atoms with Crippen LogP contribution in [0.1, 0.15) is 36.4 Å². The maximum atomic E-state index is 13.3. The molecule has 1 fully saturated rings. The third-order valence-corrected chi connectivity index (χ3v) is 5.60. The van der Waals surface area contributed by atoms with Gasteiger partial charge in [-0.3, -0.25) is 9.78 Å². The molecule has 31 heavy (non-hydrogen) atoms. The van der Waals surface area contributed by atoms with Crippen LogP contribution in [0.3, 0.4) is 0 Å². The second kappa shape index (κ2) is 9.26. The van der Waals surface area contributed by atoms with Gasteiger partial charge in [0.2, 0.25) is 0 Å². The molecule has 1 aliphatic heterocycles. The summed E-state index contributed by atoms with van der Waals surface area (Å²) >= 11 is 5.60. The molecule has 0 bridgehead atoms. The number of carbonyl (C=O) groups excluding carboxylic acids is 1. The molecule has 4 rings (SSSR count). The lowest BCUT2D eigenvalue weighted by molar-refractivity contribution is -0.140. The Morgan fingerprint density at radius 1 is 1.23 bits per heavy atom. The number of thiocarbonyl (C=S) groups is 1. The minimum Gasteiger partial charge on any atom is -0.469 e. The number of halogens is 1. The molecule has 6 nitrogen and oxygen atoms in total. The van der Waals surface area contributed by atoms with E-state index in [0.29, 0.717) is 36.0 Å². The van der Waals surface area contributed by atoms with E-state index in [2.05, 4.69) is 10.3 Å². The van der Waals surface area contributed by atoms with Crippen LogP contribution in [0.25, 0.3) is 11.3 Å². The number of pyridine rings is 1. The number of nitrogens with one attached hydrogen (secondary N) is 1. The van der Waals surface area contributed by atoms with Crippen LogP contribution in [-0.4, -0.2) is 34.6 Å². The molecule has 0 unspecified atom stereocenters. The molecule has 2 atom stereocenters. The first kappa shape index (κ1) is 21.0. The first-order chi connectivity index (χ1) is 15.1. The van der Waals surface area contributed by atoms with Crippen LogP contribution < -0.4 is 5.32 Å². The Kier molecular flexibility index (Phi) is 6.27. The summed E-state index contributed by atoms with van der Waals surface area (Å²) < 4.78 is 24.2. The van der Waals surface area contributed by atoms with Crippen molar-refractivity contribution in [3.8, 4) is 11.3 Å². The summed E-state index contributed by atoms with van der Waals surface area (Å²) in [6.07, 6.45) is 2.63.